The molecule has 2 aromatic rings. The fraction of sp³-hybridized carbons (Fsp3) is 0.308. The molecular weight excluding hydrogens is 312 g/mol. The van der Waals surface area contributed by atoms with E-state index in [9.17, 15) is 0 Å². The summed E-state index contributed by atoms with van der Waals surface area (Å²) in [4.78, 5) is 4.68. The van der Waals surface area contributed by atoms with E-state index in [-0.39, 0.29) is 6.10 Å². The van der Waals surface area contributed by atoms with Gasteiger partial charge in [0.25, 0.3) is 0 Å². The highest BCUT2D eigenvalue weighted by molar-refractivity contribution is 9.10. The van der Waals surface area contributed by atoms with Crippen molar-refractivity contribution in [3.8, 4) is 11.3 Å². The number of hydrogen-bond donors (Lipinski definition) is 1. The van der Waals surface area contributed by atoms with Crippen molar-refractivity contribution in [2.45, 2.75) is 6.10 Å². The molecule has 0 spiro atoms. The Morgan fingerprint density at radius 2 is 2.39 bits per heavy atom. The zero-order valence-electron chi connectivity index (χ0n) is 9.73. The van der Waals surface area contributed by atoms with Gasteiger partial charge in [0.1, 0.15) is 11.1 Å². The number of thiazole rings is 1. The van der Waals surface area contributed by atoms with Crippen molar-refractivity contribution in [3.05, 3.63) is 39.1 Å². The summed E-state index contributed by atoms with van der Waals surface area (Å²) in [5.41, 5.74) is 2.15. The van der Waals surface area contributed by atoms with E-state index in [0.717, 1.165) is 40.4 Å². The molecule has 3 nitrogen and oxygen atoms in total. The number of nitrogens with one attached hydrogen (secondary N) is 1. The molecule has 0 radical (unpaired) electrons. The molecule has 1 saturated heterocycles. The van der Waals surface area contributed by atoms with Gasteiger partial charge in [-0.1, -0.05) is 28.1 Å². The molecule has 1 aliphatic heterocycles. The van der Waals surface area contributed by atoms with E-state index in [0.29, 0.717) is 0 Å². The predicted molar refractivity (Wildman–Crippen MR) is 76.8 cm³/mol. The van der Waals surface area contributed by atoms with Crippen LogP contribution in [-0.4, -0.2) is 24.7 Å². The van der Waals surface area contributed by atoms with Crippen LogP contribution in [-0.2, 0) is 4.74 Å². The first-order valence-corrected chi connectivity index (χ1v) is 7.54. The molecule has 0 saturated carbocycles. The summed E-state index contributed by atoms with van der Waals surface area (Å²) in [6.45, 7) is 2.54. The highest BCUT2D eigenvalue weighted by atomic mass is 79.9. The second-order valence-electron chi connectivity index (χ2n) is 4.14. The van der Waals surface area contributed by atoms with Gasteiger partial charge in [0, 0.05) is 28.5 Å². The summed E-state index contributed by atoms with van der Waals surface area (Å²) in [5, 5.41) is 6.47. The maximum atomic E-state index is 5.71. The maximum absolute atomic E-state index is 5.71. The first-order valence-electron chi connectivity index (χ1n) is 5.86. The Labute approximate surface area is 118 Å². The number of aromatic nitrogens is 1. The zero-order chi connectivity index (χ0) is 12.4. The molecule has 1 aromatic heterocycles. The van der Waals surface area contributed by atoms with E-state index in [1.165, 1.54) is 0 Å². The van der Waals surface area contributed by atoms with Crippen LogP contribution < -0.4 is 5.32 Å². The molecule has 0 aliphatic carbocycles. The summed E-state index contributed by atoms with van der Waals surface area (Å²) in [5.74, 6) is 0. The van der Waals surface area contributed by atoms with Gasteiger partial charge in [-0.05, 0) is 12.1 Å². The SMILES string of the molecule is Brc1cccc(-c2csc(C3CNCCO3)n2)c1. The van der Waals surface area contributed by atoms with Crippen molar-refractivity contribution in [3.63, 3.8) is 0 Å². The van der Waals surface area contributed by atoms with Crippen molar-refractivity contribution >= 4 is 27.3 Å². The minimum absolute atomic E-state index is 0.102. The lowest BCUT2D eigenvalue weighted by molar-refractivity contribution is 0.0276. The molecule has 2 heterocycles. The average Bonchev–Trinajstić information content (AvgIpc) is 2.89. The highest BCUT2D eigenvalue weighted by Crippen LogP contribution is 2.28. The molecular formula is C13H13BrN2OS. The highest BCUT2D eigenvalue weighted by Gasteiger charge is 2.19. The molecule has 0 bridgehead atoms. The van der Waals surface area contributed by atoms with Crippen LogP contribution in [0.2, 0.25) is 0 Å². The molecule has 1 atom stereocenters. The molecule has 1 aromatic carbocycles. The van der Waals surface area contributed by atoms with Crippen molar-refractivity contribution in [1.82, 2.24) is 10.3 Å². The van der Waals surface area contributed by atoms with Crippen LogP contribution in [0.5, 0.6) is 0 Å². The van der Waals surface area contributed by atoms with E-state index in [2.05, 4.69) is 43.7 Å². The van der Waals surface area contributed by atoms with Crippen LogP contribution in [0.4, 0.5) is 0 Å². The lowest BCUT2D eigenvalue weighted by atomic mass is 10.2. The molecule has 3 rings (SSSR count). The largest absolute Gasteiger partial charge is 0.368 e. The fourth-order valence-electron chi connectivity index (χ4n) is 1.94. The van der Waals surface area contributed by atoms with Gasteiger partial charge in [-0.3, -0.25) is 0 Å². The lowest BCUT2D eigenvalue weighted by Crippen LogP contribution is -2.33. The van der Waals surface area contributed by atoms with Crippen LogP contribution in [0.15, 0.2) is 34.1 Å². The number of nitrogens with zero attached hydrogens (tertiary/aromatic N) is 1. The molecule has 18 heavy (non-hydrogen) atoms. The summed E-state index contributed by atoms with van der Waals surface area (Å²) < 4.78 is 6.79. The molecule has 1 aliphatic rings. The number of ether oxygens (including phenoxy) is 1. The van der Waals surface area contributed by atoms with Crippen LogP contribution in [0, 0.1) is 0 Å². The van der Waals surface area contributed by atoms with Crippen LogP contribution in [0.1, 0.15) is 11.1 Å². The molecule has 1 N–H and O–H groups in total. The molecule has 0 amide bonds. The Kier molecular flexibility index (Phi) is 3.75. The van der Waals surface area contributed by atoms with Gasteiger partial charge >= 0.3 is 0 Å². The van der Waals surface area contributed by atoms with E-state index >= 15 is 0 Å². The third-order valence-corrected chi connectivity index (χ3v) is 4.28. The van der Waals surface area contributed by atoms with Gasteiger partial charge in [0.05, 0.1) is 12.3 Å². The number of rotatable bonds is 2. The summed E-state index contributed by atoms with van der Waals surface area (Å²) in [6.07, 6.45) is 0.102. The van der Waals surface area contributed by atoms with Crippen molar-refractivity contribution in [2.24, 2.45) is 0 Å². The second-order valence-corrected chi connectivity index (χ2v) is 5.95. The molecule has 1 fully saturated rings. The Morgan fingerprint density at radius 3 is 3.17 bits per heavy atom. The number of benzene rings is 1. The number of morpholine rings is 1. The van der Waals surface area contributed by atoms with Crippen LogP contribution in [0.25, 0.3) is 11.3 Å². The fourth-order valence-corrected chi connectivity index (χ4v) is 3.21. The summed E-state index contributed by atoms with van der Waals surface area (Å²) in [6, 6.07) is 8.20. The topological polar surface area (TPSA) is 34.1 Å². The van der Waals surface area contributed by atoms with E-state index < -0.39 is 0 Å². The van der Waals surface area contributed by atoms with E-state index in [4.69, 9.17) is 4.74 Å². The van der Waals surface area contributed by atoms with Crippen LogP contribution in [0.3, 0.4) is 0 Å². The second kappa shape index (κ2) is 5.48. The monoisotopic (exact) mass is 324 g/mol. The first-order chi connectivity index (χ1) is 8.83. The number of hydrogen-bond acceptors (Lipinski definition) is 4. The number of halogens is 1. The van der Waals surface area contributed by atoms with Gasteiger partial charge in [-0.2, -0.15) is 0 Å². The Hall–Kier alpha value is -0.750. The van der Waals surface area contributed by atoms with Crippen molar-refractivity contribution in [1.29, 1.82) is 0 Å². The van der Waals surface area contributed by atoms with Crippen LogP contribution >= 0.6 is 27.3 Å². The zero-order valence-corrected chi connectivity index (χ0v) is 12.1. The van der Waals surface area contributed by atoms with Gasteiger partial charge < -0.3 is 10.1 Å². The quantitative estimate of drug-likeness (QED) is 0.920. The average molecular weight is 325 g/mol. The van der Waals surface area contributed by atoms with E-state index in [1.807, 2.05) is 12.1 Å². The standard InChI is InChI=1S/C13H13BrN2OS/c14-10-3-1-2-9(6-10)11-8-18-13(16-11)12-7-15-4-5-17-12/h1-3,6,8,12,15H,4-5,7H2. The maximum Gasteiger partial charge on any atom is 0.124 e. The van der Waals surface area contributed by atoms with Crippen molar-refractivity contribution in [2.75, 3.05) is 19.7 Å². The van der Waals surface area contributed by atoms with Crippen molar-refractivity contribution < 1.29 is 4.74 Å². The molecule has 5 heteroatoms. The lowest BCUT2D eigenvalue weighted by Gasteiger charge is -2.21. The normalized spacial score (nSPS) is 19.9. The van der Waals surface area contributed by atoms with Gasteiger partial charge in [0.15, 0.2) is 0 Å². The predicted octanol–water partition coefficient (Wildman–Crippen LogP) is 3.23. The van der Waals surface area contributed by atoms with Gasteiger partial charge in [-0.15, -0.1) is 11.3 Å². The summed E-state index contributed by atoms with van der Waals surface area (Å²) in [7, 11) is 0. The molecule has 94 valence electrons. The van der Waals surface area contributed by atoms with Gasteiger partial charge in [0.2, 0.25) is 0 Å². The summed E-state index contributed by atoms with van der Waals surface area (Å²) >= 11 is 5.15. The Morgan fingerprint density at radius 1 is 1.44 bits per heavy atom. The third-order valence-electron chi connectivity index (χ3n) is 2.85. The smallest absolute Gasteiger partial charge is 0.124 e. The van der Waals surface area contributed by atoms with E-state index in [1.54, 1.807) is 11.3 Å². The Bertz CT molecular complexity index is 537. The minimum atomic E-state index is 0.102. The van der Waals surface area contributed by atoms with Gasteiger partial charge in [-0.25, -0.2) is 4.98 Å². The Balaban J connectivity index is 1.84. The molecule has 1 unspecified atom stereocenters. The third kappa shape index (κ3) is 2.64. The minimum Gasteiger partial charge on any atom is -0.368 e. The first kappa shape index (κ1) is 12.3.